The van der Waals surface area contributed by atoms with Crippen LogP contribution in [0.3, 0.4) is 0 Å². The molecule has 0 unspecified atom stereocenters. The minimum Gasteiger partial charge on any atom is -0.360 e. The molecule has 7 heteroatoms. The van der Waals surface area contributed by atoms with Crippen molar-refractivity contribution in [3.63, 3.8) is 0 Å². The summed E-state index contributed by atoms with van der Waals surface area (Å²) in [5.41, 5.74) is 3.32. The van der Waals surface area contributed by atoms with Crippen molar-refractivity contribution >= 4 is 23.2 Å². The lowest BCUT2D eigenvalue weighted by Crippen LogP contribution is -2.17. The third-order valence-electron chi connectivity index (χ3n) is 4.02. The van der Waals surface area contributed by atoms with Crippen molar-refractivity contribution in [2.45, 2.75) is 33.6 Å². The van der Waals surface area contributed by atoms with Crippen LogP contribution in [0.5, 0.6) is 0 Å². The average Bonchev–Trinajstić information content (AvgIpc) is 3.07. The lowest BCUT2D eigenvalue weighted by molar-refractivity contribution is 0.102. The van der Waals surface area contributed by atoms with Crippen LogP contribution in [-0.2, 0) is 12.8 Å². The number of nitrogens with one attached hydrogen (secondary N) is 2. The van der Waals surface area contributed by atoms with Gasteiger partial charge in [-0.15, -0.1) is 10.2 Å². The smallest absolute Gasteiger partial charge is 0.276 e. The minimum atomic E-state index is -0.281. The van der Waals surface area contributed by atoms with Crippen LogP contribution in [0.4, 0.5) is 17.3 Å². The number of anilines is 3. The summed E-state index contributed by atoms with van der Waals surface area (Å²) >= 11 is 0. The summed E-state index contributed by atoms with van der Waals surface area (Å²) in [5, 5.41) is 17.8. The van der Waals surface area contributed by atoms with E-state index in [1.807, 2.05) is 18.2 Å². The maximum Gasteiger partial charge on any atom is 0.276 e. The van der Waals surface area contributed by atoms with E-state index in [0.29, 0.717) is 17.4 Å². The first-order valence-corrected chi connectivity index (χ1v) is 8.57. The first kappa shape index (κ1) is 17.6. The fourth-order valence-corrected chi connectivity index (χ4v) is 2.66. The molecule has 0 radical (unpaired) electrons. The Kier molecular flexibility index (Phi) is 5.26. The maximum absolute atomic E-state index is 12.6. The van der Waals surface area contributed by atoms with Crippen molar-refractivity contribution in [1.29, 1.82) is 0 Å². The van der Waals surface area contributed by atoms with Crippen molar-refractivity contribution in [2.75, 3.05) is 10.6 Å². The molecular weight excluding hydrogens is 330 g/mol. The van der Waals surface area contributed by atoms with Gasteiger partial charge in [-0.2, -0.15) is 0 Å². The summed E-state index contributed by atoms with van der Waals surface area (Å²) in [7, 11) is 0. The quantitative estimate of drug-likeness (QED) is 0.700. The summed E-state index contributed by atoms with van der Waals surface area (Å²) < 4.78 is 4.98. The van der Waals surface area contributed by atoms with Gasteiger partial charge in [0, 0.05) is 11.8 Å². The first-order chi connectivity index (χ1) is 12.6. The predicted octanol–water partition coefficient (Wildman–Crippen LogP) is 3.89. The molecule has 0 saturated heterocycles. The molecule has 0 aliphatic heterocycles. The molecule has 0 atom stereocenters. The number of carbonyl (C=O) groups excluding carboxylic acids is 1. The number of aryl methyl sites for hydroxylation is 3. The Bertz CT molecular complexity index is 880. The molecule has 0 bridgehead atoms. The highest BCUT2D eigenvalue weighted by Gasteiger charge is 2.13. The lowest BCUT2D eigenvalue weighted by Gasteiger charge is -2.14. The number of benzene rings is 1. The second-order valence-electron chi connectivity index (χ2n) is 5.86. The van der Waals surface area contributed by atoms with Crippen LogP contribution in [0.1, 0.15) is 41.2 Å². The molecule has 0 aliphatic carbocycles. The number of rotatable bonds is 6. The van der Waals surface area contributed by atoms with Gasteiger partial charge in [0.15, 0.2) is 17.3 Å². The van der Waals surface area contributed by atoms with E-state index in [0.717, 1.165) is 29.7 Å². The first-order valence-electron chi connectivity index (χ1n) is 8.57. The Morgan fingerprint density at radius 3 is 2.31 bits per heavy atom. The number of nitrogens with zero attached hydrogens (tertiary/aromatic N) is 3. The van der Waals surface area contributed by atoms with Crippen LogP contribution in [0, 0.1) is 6.92 Å². The number of amides is 1. The fraction of sp³-hybridized carbons (Fsp3) is 0.263. The van der Waals surface area contributed by atoms with Gasteiger partial charge in [-0.1, -0.05) is 37.2 Å². The molecule has 0 aliphatic rings. The fourth-order valence-electron chi connectivity index (χ4n) is 2.66. The van der Waals surface area contributed by atoms with Crippen molar-refractivity contribution in [3.05, 3.63) is 59.0 Å². The van der Waals surface area contributed by atoms with Crippen molar-refractivity contribution in [3.8, 4) is 0 Å². The van der Waals surface area contributed by atoms with E-state index >= 15 is 0 Å². The number of hydrogen-bond donors (Lipinski definition) is 2. The number of carbonyl (C=O) groups is 1. The van der Waals surface area contributed by atoms with Crippen LogP contribution < -0.4 is 10.6 Å². The molecule has 1 amide bonds. The van der Waals surface area contributed by atoms with Crippen LogP contribution >= 0.6 is 0 Å². The second kappa shape index (κ2) is 7.77. The monoisotopic (exact) mass is 351 g/mol. The highest BCUT2D eigenvalue weighted by molar-refractivity contribution is 6.03. The molecule has 26 heavy (non-hydrogen) atoms. The van der Waals surface area contributed by atoms with Crippen molar-refractivity contribution in [1.82, 2.24) is 15.4 Å². The average molecular weight is 351 g/mol. The summed E-state index contributed by atoms with van der Waals surface area (Å²) in [5.74, 6) is 1.44. The molecule has 134 valence electrons. The van der Waals surface area contributed by atoms with E-state index in [4.69, 9.17) is 4.52 Å². The highest BCUT2D eigenvalue weighted by Crippen LogP contribution is 2.23. The molecule has 0 saturated carbocycles. The summed E-state index contributed by atoms with van der Waals surface area (Å²) in [6, 6.07) is 11.1. The Morgan fingerprint density at radius 1 is 1.04 bits per heavy atom. The van der Waals surface area contributed by atoms with Gasteiger partial charge in [0.1, 0.15) is 5.76 Å². The Balaban J connectivity index is 1.74. The number of aromatic nitrogens is 3. The van der Waals surface area contributed by atoms with E-state index < -0.39 is 0 Å². The van der Waals surface area contributed by atoms with E-state index in [-0.39, 0.29) is 11.6 Å². The third-order valence-corrected chi connectivity index (χ3v) is 4.02. The van der Waals surface area contributed by atoms with Gasteiger partial charge in [0.25, 0.3) is 5.91 Å². The lowest BCUT2D eigenvalue weighted by atomic mass is 10.0. The Labute approximate surface area is 151 Å². The maximum atomic E-state index is 12.6. The molecule has 7 nitrogen and oxygen atoms in total. The van der Waals surface area contributed by atoms with Gasteiger partial charge < -0.3 is 15.2 Å². The molecule has 2 heterocycles. The van der Waals surface area contributed by atoms with Gasteiger partial charge in [-0.3, -0.25) is 4.79 Å². The van der Waals surface area contributed by atoms with Crippen LogP contribution in [-0.4, -0.2) is 21.3 Å². The summed E-state index contributed by atoms with van der Waals surface area (Å²) in [4.78, 5) is 12.6. The number of para-hydroxylation sites is 1. The highest BCUT2D eigenvalue weighted by atomic mass is 16.5. The Hall–Kier alpha value is -3.22. The molecule has 2 aromatic heterocycles. The van der Waals surface area contributed by atoms with Gasteiger partial charge in [-0.05, 0) is 43.0 Å². The predicted molar refractivity (Wildman–Crippen MR) is 99.7 cm³/mol. The normalized spacial score (nSPS) is 10.6. The van der Waals surface area contributed by atoms with E-state index in [1.54, 1.807) is 25.1 Å². The molecule has 3 aromatic rings. The van der Waals surface area contributed by atoms with Crippen molar-refractivity contribution < 1.29 is 9.32 Å². The van der Waals surface area contributed by atoms with Gasteiger partial charge >= 0.3 is 0 Å². The Morgan fingerprint density at radius 2 is 1.77 bits per heavy atom. The SMILES string of the molecule is CCc1cccc(CC)c1NC(=O)c1ccc(Nc2cc(C)on2)nn1. The van der Waals surface area contributed by atoms with E-state index in [9.17, 15) is 4.79 Å². The van der Waals surface area contributed by atoms with E-state index in [1.165, 1.54) is 0 Å². The molecule has 3 rings (SSSR count). The third kappa shape index (κ3) is 3.88. The standard InChI is InChI=1S/C19H21N5O2/c1-4-13-7-6-8-14(5-2)18(13)21-19(25)15-9-10-16(23-22-15)20-17-11-12(3)26-24-17/h6-11H,4-5H2,1-3H3,(H,21,25)(H,20,23,24). The number of hydrogen-bond acceptors (Lipinski definition) is 6. The van der Waals surface area contributed by atoms with Crippen LogP contribution in [0.2, 0.25) is 0 Å². The molecule has 2 N–H and O–H groups in total. The van der Waals surface area contributed by atoms with Crippen molar-refractivity contribution in [2.24, 2.45) is 0 Å². The zero-order chi connectivity index (χ0) is 18.5. The molecular formula is C19H21N5O2. The molecule has 0 spiro atoms. The minimum absolute atomic E-state index is 0.250. The summed E-state index contributed by atoms with van der Waals surface area (Å²) in [6.45, 7) is 5.93. The van der Waals surface area contributed by atoms with Gasteiger partial charge in [0.05, 0.1) is 0 Å². The zero-order valence-corrected chi connectivity index (χ0v) is 15.0. The van der Waals surface area contributed by atoms with Crippen LogP contribution in [0.25, 0.3) is 0 Å². The van der Waals surface area contributed by atoms with Gasteiger partial charge in [-0.25, -0.2) is 0 Å². The summed E-state index contributed by atoms with van der Waals surface area (Å²) in [6.07, 6.45) is 1.68. The molecule has 1 aromatic carbocycles. The zero-order valence-electron chi connectivity index (χ0n) is 15.0. The van der Waals surface area contributed by atoms with E-state index in [2.05, 4.69) is 39.8 Å². The molecule has 0 fully saturated rings. The largest absolute Gasteiger partial charge is 0.360 e. The second-order valence-corrected chi connectivity index (χ2v) is 5.86. The van der Waals surface area contributed by atoms with Crippen LogP contribution in [0.15, 0.2) is 40.9 Å². The van der Waals surface area contributed by atoms with Gasteiger partial charge in [0.2, 0.25) is 0 Å². The topological polar surface area (TPSA) is 92.9 Å².